The fourth-order valence-corrected chi connectivity index (χ4v) is 1.41. The van der Waals surface area contributed by atoms with Crippen LogP contribution in [0.3, 0.4) is 0 Å². The second-order valence-corrected chi connectivity index (χ2v) is 7.73. The average molecular weight is 588 g/mol. The third-order valence-electron chi connectivity index (χ3n) is 2.91. The maximum atomic E-state index is 11.6. The quantitative estimate of drug-likeness (QED) is 0.208. The van der Waals surface area contributed by atoms with Gasteiger partial charge in [0.05, 0.1) is 42.3 Å². The monoisotopic (exact) mass is 588 g/mol. The Balaban J connectivity index is -0.00000242. The predicted octanol–water partition coefficient (Wildman–Crippen LogP) is -5.75. The van der Waals surface area contributed by atoms with E-state index in [1.165, 1.54) is 0 Å². The molecule has 0 rings (SSSR count). The molecule has 0 aliphatic carbocycles. The number of alkyl carbamates (subject to hydrolysis) is 2. The van der Waals surface area contributed by atoms with Gasteiger partial charge in [-0.3, -0.25) is 0 Å². The van der Waals surface area contributed by atoms with E-state index < -0.39 is 12.2 Å². The van der Waals surface area contributed by atoms with Crippen molar-refractivity contribution in [2.24, 2.45) is 0 Å². The molecule has 10 heteroatoms. The Bertz CT molecular complexity index is 385. The van der Waals surface area contributed by atoms with E-state index >= 15 is 0 Å². The molecule has 2 amide bonds. The summed E-state index contributed by atoms with van der Waals surface area (Å²) in [6, 6.07) is -0.238. The second kappa shape index (κ2) is 14.0. The summed E-state index contributed by atoms with van der Waals surface area (Å²) >= 11 is 0. The Labute approximate surface area is 186 Å². The highest BCUT2D eigenvalue weighted by atomic mass is 127. The minimum absolute atomic E-state index is 0. The second-order valence-electron chi connectivity index (χ2n) is 7.73. The summed E-state index contributed by atoms with van der Waals surface area (Å²) in [5.41, 5.74) is 0. The number of nitrogens with one attached hydrogen (secondary N) is 2. The van der Waals surface area contributed by atoms with Gasteiger partial charge in [-0.15, -0.1) is 0 Å². The van der Waals surface area contributed by atoms with Crippen LogP contribution >= 0.6 is 0 Å². The first kappa shape index (κ1) is 29.7. The molecule has 0 fully saturated rings. The van der Waals surface area contributed by atoms with Crippen molar-refractivity contribution in [3.8, 4) is 0 Å². The van der Waals surface area contributed by atoms with E-state index in [9.17, 15) is 9.59 Å². The van der Waals surface area contributed by atoms with E-state index in [-0.39, 0.29) is 60.5 Å². The number of hydrogen-bond acceptors (Lipinski definition) is 4. The number of amides is 2. The summed E-state index contributed by atoms with van der Waals surface area (Å²) in [5.74, 6) is 0. The number of hydrogen-bond donors (Lipinski definition) is 2. The van der Waals surface area contributed by atoms with Crippen molar-refractivity contribution in [3.63, 3.8) is 0 Å². The number of halogens is 2. The minimum Gasteiger partial charge on any atom is -1.00 e. The smallest absolute Gasteiger partial charge is 0.407 e. The highest BCUT2D eigenvalue weighted by molar-refractivity contribution is 5.68. The lowest BCUT2D eigenvalue weighted by atomic mass is 10.3. The van der Waals surface area contributed by atoms with Crippen LogP contribution in [0.2, 0.25) is 0 Å². The standard InChI is InChI=1S/C15H32N4O4.2HI/c1-13(17-15(21)23-11-9-19(5,6)7)12-16-14(20)22-10-8-18(2,3)4;;/h13H,8-12H2,1-7H3;2*1H. The summed E-state index contributed by atoms with van der Waals surface area (Å²) < 4.78 is 11.6. The van der Waals surface area contributed by atoms with Crippen LogP contribution in [0.4, 0.5) is 9.59 Å². The highest BCUT2D eigenvalue weighted by Crippen LogP contribution is 1.92. The van der Waals surface area contributed by atoms with Crippen molar-refractivity contribution in [1.29, 1.82) is 0 Å². The maximum Gasteiger partial charge on any atom is 0.407 e. The molecule has 1 atom stereocenters. The van der Waals surface area contributed by atoms with Crippen molar-refractivity contribution < 1.29 is 76.0 Å². The van der Waals surface area contributed by atoms with Gasteiger partial charge >= 0.3 is 12.2 Å². The van der Waals surface area contributed by atoms with Crippen LogP contribution in [0.5, 0.6) is 0 Å². The van der Waals surface area contributed by atoms with Crippen molar-refractivity contribution in [1.82, 2.24) is 10.6 Å². The molecule has 0 aliphatic heterocycles. The molecule has 0 radical (unpaired) electrons. The van der Waals surface area contributed by atoms with Crippen molar-refractivity contribution >= 4 is 12.2 Å². The molecule has 0 spiro atoms. The zero-order chi connectivity index (χ0) is 18.1. The van der Waals surface area contributed by atoms with E-state index in [1.54, 1.807) is 6.92 Å². The minimum atomic E-state index is -0.481. The van der Waals surface area contributed by atoms with Crippen LogP contribution in [-0.2, 0) is 9.47 Å². The van der Waals surface area contributed by atoms with E-state index in [0.29, 0.717) is 13.2 Å². The molecular formula is C15H34I2N4O4. The lowest BCUT2D eigenvalue weighted by Gasteiger charge is -2.24. The Morgan fingerprint density at radius 3 is 1.64 bits per heavy atom. The van der Waals surface area contributed by atoms with Gasteiger partial charge in [0.1, 0.15) is 26.3 Å². The average Bonchev–Trinajstić information content (AvgIpc) is 2.33. The van der Waals surface area contributed by atoms with Gasteiger partial charge in [-0.1, -0.05) is 0 Å². The van der Waals surface area contributed by atoms with Gasteiger partial charge in [0.25, 0.3) is 0 Å². The third kappa shape index (κ3) is 21.9. The van der Waals surface area contributed by atoms with Crippen LogP contribution in [-0.4, -0.2) is 102 Å². The van der Waals surface area contributed by atoms with Crippen molar-refractivity contribution in [2.45, 2.75) is 13.0 Å². The molecule has 25 heavy (non-hydrogen) atoms. The number of carbonyl (C=O) groups is 2. The van der Waals surface area contributed by atoms with Gasteiger partial charge in [-0.05, 0) is 6.92 Å². The molecule has 0 heterocycles. The molecule has 2 N–H and O–H groups in total. The number of rotatable bonds is 9. The Morgan fingerprint density at radius 2 is 1.24 bits per heavy atom. The van der Waals surface area contributed by atoms with E-state index in [1.807, 2.05) is 42.3 Å². The van der Waals surface area contributed by atoms with Crippen LogP contribution in [0.15, 0.2) is 0 Å². The molecule has 152 valence electrons. The lowest BCUT2D eigenvalue weighted by molar-refractivity contribution is -0.870. The molecule has 1 unspecified atom stereocenters. The summed E-state index contributed by atoms with van der Waals surface area (Å²) in [5, 5.41) is 5.27. The number of likely N-dealkylation sites (N-methyl/N-ethyl adjacent to an activating group) is 2. The van der Waals surface area contributed by atoms with Gasteiger partial charge < -0.3 is 77.0 Å². The molecule has 0 aromatic heterocycles. The summed E-state index contributed by atoms with van der Waals surface area (Å²) in [6.45, 7) is 4.24. The maximum absolute atomic E-state index is 11.6. The Hall–Kier alpha value is -0.0800. The fourth-order valence-electron chi connectivity index (χ4n) is 1.41. The largest absolute Gasteiger partial charge is 1.00 e. The molecule has 0 saturated carbocycles. The van der Waals surface area contributed by atoms with Gasteiger partial charge in [0.15, 0.2) is 0 Å². The van der Waals surface area contributed by atoms with Gasteiger partial charge in [-0.25, -0.2) is 9.59 Å². The first-order valence-corrected chi connectivity index (χ1v) is 7.84. The summed E-state index contributed by atoms with van der Waals surface area (Å²) in [7, 11) is 12.2. The SMILES string of the molecule is CC(CNC(=O)OCC[N+](C)(C)C)NC(=O)OCC[N+](C)(C)C.[I-].[I-]. The molecule has 0 bridgehead atoms. The molecule has 0 aromatic carbocycles. The van der Waals surface area contributed by atoms with Gasteiger partial charge in [0.2, 0.25) is 0 Å². The van der Waals surface area contributed by atoms with E-state index in [2.05, 4.69) is 10.6 Å². The lowest BCUT2D eigenvalue weighted by Crippen LogP contribution is -3.00. The molecule has 0 aromatic rings. The zero-order valence-electron chi connectivity index (χ0n) is 16.4. The summed E-state index contributed by atoms with van der Waals surface area (Å²) in [4.78, 5) is 23.1. The van der Waals surface area contributed by atoms with Crippen molar-refractivity contribution in [2.75, 3.05) is 75.1 Å². The first-order chi connectivity index (χ1) is 10.4. The van der Waals surface area contributed by atoms with Crippen LogP contribution in [0.1, 0.15) is 6.92 Å². The molecule has 8 nitrogen and oxygen atoms in total. The zero-order valence-corrected chi connectivity index (χ0v) is 20.7. The number of carbonyl (C=O) groups excluding carboxylic acids is 2. The molecule has 0 aliphatic rings. The highest BCUT2D eigenvalue weighted by Gasteiger charge is 2.13. The number of ether oxygens (including phenoxy) is 2. The van der Waals surface area contributed by atoms with Crippen LogP contribution < -0.4 is 58.6 Å². The number of nitrogens with zero attached hydrogens (tertiary/aromatic N) is 2. The third-order valence-corrected chi connectivity index (χ3v) is 2.91. The van der Waals surface area contributed by atoms with Gasteiger partial charge in [0, 0.05) is 12.6 Å². The van der Waals surface area contributed by atoms with Crippen LogP contribution in [0.25, 0.3) is 0 Å². The first-order valence-electron chi connectivity index (χ1n) is 7.84. The summed E-state index contributed by atoms with van der Waals surface area (Å²) in [6.07, 6.45) is -0.961. The van der Waals surface area contributed by atoms with Crippen molar-refractivity contribution in [3.05, 3.63) is 0 Å². The van der Waals surface area contributed by atoms with Crippen LogP contribution in [0, 0.1) is 0 Å². The van der Waals surface area contributed by atoms with Gasteiger partial charge in [-0.2, -0.15) is 0 Å². The molecular weight excluding hydrogens is 554 g/mol. The van der Waals surface area contributed by atoms with E-state index in [0.717, 1.165) is 22.1 Å². The normalized spacial score (nSPS) is 12.1. The number of quaternary nitrogens is 2. The van der Waals surface area contributed by atoms with E-state index in [4.69, 9.17) is 9.47 Å². The Kier molecular flexibility index (Phi) is 16.7. The molecule has 0 saturated heterocycles. The topological polar surface area (TPSA) is 76.7 Å². The fraction of sp³-hybridized carbons (Fsp3) is 0.867. The Morgan fingerprint density at radius 1 is 0.840 bits per heavy atom. The predicted molar refractivity (Wildman–Crippen MR) is 89.1 cm³/mol.